The third-order valence-electron chi connectivity index (χ3n) is 5.01. The average Bonchev–Trinajstić information content (AvgIpc) is 2.61. The van der Waals surface area contributed by atoms with Crippen LogP contribution in [0.5, 0.6) is 0 Å². The van der Waals surface area contributed by atoms with Crippen LogP contribution in [0.25, 0.3) is 0 Å². The molecule has 0 radical (unpaired) electrons. The summed E-state index contributed by atoms with van der Waals surface area (Å²) in [5.41, 5.74) is 6.99. The first-order valence-electron chi connectivity index (χ1n) is 7.77. The largest absolute Gasteiger partial charge is 0.399 e. The number of rotatable bonds is 1. The van der Waals surface area contributed by atoms with Gasteiger partial charge in [0.2, 0.25) is 0 Å². The molecule has 2 N–H and O–H groups in total. The molecule has 118 valence electrons. The molecule has 0 saturated heterocycles. The van der Waals surface area contributed by atoms with E-state index in [1.807, 2.05) is 24.3 Å². The van der Waals surface area contributed by atoms with E-state index < -0.39 is 5.41 Å². The van der Waals surface area contributed by atoms with Gasteiger partial charge in [-0.1, -0.05) is 18.2 Å². The van der Waals surface area contributed by atoms with Crippen molar-refractivity contribution < 1.29 is 0 Å². The highest BCUT2D eigenvalue weighted by molar-refractivity contribution is 14.1. The summed E-state index contributed by atoms with van der Waals surface area (Å²) in [6.07, 6.45) is 4.79. The molecule has 0 heterocycles. The van der Waals surface area contributed by atoms with Gasteiger partial charge in [-0.05, 0) is 71.0 Å². The minimum absolute atomic E-state index is 0.0294. The summed E-state index contributed by atoms with van der Waals surface area (Å²) in [6.45, 7) is 0. The second-order valence-corrected chi connectivity index (χ2v) is 7.41. The highest BCUT2D eigenvalue weighted by atomic mass is 127. The van der Waals surface area contributed by atoms with Gasteiger partial charge >= 0.3 is 0 Å². The zero-order valence-corrected chi connectivity index (χ0v) is 15.1. The fourth-order valence-corrected chi connectivity index (χ4v) is 4.52. The van der Waals surface area contributed by atoms with E-state index in [4.69, 9.17) is 5.73 Å². The first-order chi connectivity index (χ1) is 11.6. The van der Waals surface area contributed by atoms with Gasteiger partial charge in [-0.3, -0.25) is 0 Å². The molecular formula is C19H15IN4. The topological polar surface area (TPSA) is 97.4 Å². The smallest absolute Gasteiger partial charge is 0.191 e. The average molecular weight is 426 g/mol. The number of nitrogens with two attached hydrogens (primary N) is 1. The van der Waals surface area contributed by atoms with E-state index in [9.17, 15) is 15.8 Å². The lowest BCUT2D eigenvalue weighted by atomic mass is 9.57. The molecule has 0 bridgehead atoms. The SMILES string of the molecule is N#CC1=C(N)C(C#N)(C#N)[C@H](c2cccc(I)c2)[C@H]2CCCC=C12. The number of nitriles is 3. The first kappa shape index (κ1) is 16.6. The molecular weight excluding hydrogens is 411 g/mol. The maximum atomic E-state index is 9.90. The zero-order valence-electron chi connectivity index (χ0n) is 13.0. The predicted molar refractivity (Wildman–Crippen MR) is 97.8 cm³/mol. The molecule has 2 atom stereocenters. The summed E-state index contributed by atoms with van der Waals surface area (Å²) >= 11 is 2.23. The van der Waals surface area contributed by atoms with Crippen molar-refractivity contribution in [1.29, 1.82) is 15.8 Å². The standard InChI is InChI=1S/C19H15IN4/c20-13-5-3-4-12(8-13)17-15-7-2-1-6-14(15)16(9-21)18(24)19(17,10-22)11-23/h3-6,8,15,17H,1-2,7,24H2/t15-,17+/m0/s1. The van der Waals surface area contributed by atoms with Crippen LogP contribution < -0.4 is 5.73 Å². The van der Waals surface area contributed by atoms with Crippen LogP contribution in [0.2, 0.25) is 0 Å². The summed E-state index contributed by atoms with van der Waals surface area (Å²) in [7, 11) is 0. The summed E-state index contributed by atoms with van der Waals surface area (Å²) in [4.78, 5) is 0. The van der Waals surface area contributed by atoms with E-state index in [1.54, 1.807) is 0 Å². The van der Waals surface area contributed by atoms with E-state index in [1.165, 1.54) is 0 Å². The number of benzene rings is 1. The third-order valence-corrected chi connectivity index (χ3v) is 5.68. The van der Waals surface area contributed by atoms with Crippen molar-refractivity contribution in [2.24, 2.45) is 17.1 Å². The minimum atomic E-state index is -1.51. The van der Waals surface area contributed by atoms with Crippen molar-refractivity contribution in [3.05, 3.63) is 56.3 Å². The highest BCUT2D eigenvalue weighted by Crippen LogP contribution is 2.55. The Labute approximate surface area is 155 Å². The zero-order chi connectivity index (χ0) is 17.3. The van der Waals surface area contributed by atoms with Crippen molar-refractivity contribution in [3.8, 4) is 18.2 Å². The summed E-state index contributed by atoms with van der Waals surface area (Å²) in [5.74, 6) is -0.385. The van der Waals surface area contributed by atoms with Crippen molar-refractivity contribution in [2.75, 3.05) is 0 Å². The van der Waals surface area contributed by atoms with Crippen LogP contribution in [0.1, 0.15) is 30.7 Å². The molecule has 1 aromatic carbocycles. The summed E-state index contributed by atoms with van der Waals surface area (Å²) in [6, 6.07) is 14.3. The molecule has 0 fully saturated rings. The third kappa shape index (κ3) is 2.30. The normalized spacial score (nSPS) is 24.8. The molecule has 3 rings (SSSR count). The molecule has 0 aromatic heterocycles. The molecule has 24 heavy (non-hydrogen) atoms. The van der Waals surface area contributed by atoms with Gasteiger partial charge in [-0.25, -0.2) is 0 Å². The number of halogens is 1. The molecule has 5 heteroatoms. The van der Waals surface area contributed by atoms with Crippen LogP contribution in [0.3, 0.4) is 0 Å². The van der Waals surface area contributed by atoms with Crippen molar-refractivity contribution in [2.45, 2.75) is 25.2 Å². The Balaban J connectivity index is 2.34. The maximum Gasteiger partial charge on any atom is 0.191 e. The van der Waals surface area contributed by atoms with Gasteiger partial charge in [-0.2, -0.15) is 15.8 Å². The fourth-order valence-electron chi connectivity index (χ4n) is 3.95. The molecule has 0 aliphatic heterocycles. The lowest BCUT2D eigenvalue weighted by Gasteiger charge is -2.43. The van der Waals surface area contributed by atoms with Crippen molar-refractivity contribution in [3.63, 3.8) is 0 Å². The Morgan fingerprint density at radius 1 is 1.21 bits per heavy atom. The second kappa shape index (κ2) is 6.30. The van der Waals surface area contributed by atoms with Gasteiger partial charge in [0.25, 0.3) is 0 Å². The van der Waals surface area contributed by atoms with E-state index in [0.29, 0.717) is 5.57 Å². The van der Waals surface area contributed by atoms with E-state index in [0.717, 1.165) is 34.0 Å². The van der Waals surface area contributed by atoms with Crippen LogP contribution in [-0.2, 0) is 0 Å². The van der Waals surface area contributed by atoms with Crippen LogP contribution in [0.15, 0.2) is 47.2 Å². The van der Waals surface area contributed by atoms with E-state index in [-0.39, 0.29) is 17.5 Å². The van der Waals surface area contributed by atoms with Crippen LogP contribution in [0, 0.1) is 48.9 Å². The molecule has 0 amide bonds. The molecule has 0 spiro atoms. The Morgan fingerprint density at radius 2 is 1.96 bits per heavy atom. The maximum absolute atomic E-state index is 9.90. The Bertz CT molecular complexity index is 862. The summed E-state index contributed by atoms with van der Waals surface area (Å²) in [5, 5.41) is 29.4. The highest BCUT2D eigenvalue weighted by Gasteiger charge is 2.53. The molecule has 0 saturated carbocycles. The Hall–Kier alpha value is -2.30. The van der Waals surface area contributed by atoms with Crippen molar-refractivity contribution >= 4 is 22.6 Å². The molecule has 4 nitrogen and oxygen atoms in total. The molecule has 1 aromatic rings. The summed E-state index contributed by atoms with van der Waals surface area (Å²) < 4.78 is 1.05. The van der Waals surface area contributed by atoms with Gasteiger partial charge in [0.15, 0.2) is 5.41 Å². The molecule has 0 unspecified atom stereocenters. The first-order valence-corrected chi connectivity index (χ1v) is 8.85. The van der Waals surface area contributed by atoms with E-state index in [2.05, 4.69) is 46.9 Å². The number of allylic oxidation sites excluding steroid dienone is 4. The molecule has 2 aliphatic carbocycles. The Morgan fingerprint density at radius 3 is 2.58 bits per heavy atom. The quantitative estimate of drug-likeness (QED) is 0.689. The van der Waals surface area contributed by atoms with Crippen LogP contribution in [-0.4, -0.2) is 0 Å². The second-order valence-electron chi connectivity index (χ2n) is 6.16. The number of hydrogen-bond donors (Lipinski definition) is 1. The fraction of sp³-hybridized carbons (Fsp3) is 0.316. The van der Waals surface area contributed by atoms with Crippen molar-refractivity contribution in [1.82, 2.24) is 0 Å². The number of hydrogen-bond acceptors (Lipinski definition) is 4. The lowest BCUT2D eigenvalue weighted by molar-refractivity contribution is 0.317. The van der Waals surface area contributed by atoms with Gasteiger partial charge < -0.3 is 5.73 Å². The molecule has 2 aliphatic rings. The monoisotopic (exact) mass is 426 g/mol. The van der Waals surface area contributed by atoms with Crippen LogP contribution in [0.4, 0.5) is 0 Å². The predicted octanol–water partition coefficient (Wildman–Crippen LogP) is 3.88. The number of fused-ring (bicyclic) bond motifs is 1. The van der Waals surface area contributed by atoms with Gasteiger partial charge in [0, 0.05) is 9.49 Å². The van der Waals surface area contributed by atoms with E-state index >= 15 is 0 Å². The Kier molecular flexibility index (Phi) is 4.35. The lowest BCUT2D eigenvalue weighted by Crippen LogP contribution is -2.42. The number of nitrogens with zero attached hydrogens (tertiary/aromatic N) is 3. The van der Waals surface area contributed by atoms with Gasteiger partial charge in [-0.15, -0.1) is 0 Å². The minimum Gasteiger partial charge on any atom is -0.399 e. The van der Waals surface area contributed by atoms with Gasteiger partial charge in [0.1, 0.15) is 6.07 Å². The van der Waals surface area contributed by atoms with Crippen LogP contribution >= 0.6 is 22.6 Å². The van der Waals surface area contributed by atoms with Gasteiger partial charge in [0.05, 0.1) is 23.4 Å².